The first-order valence-electron chi connectivity index (χ1n) is 12.8. The molecule has 1 aliphatic rings. The van der Waals surface area contributed by atoms with Crippen LogP contribution >= 0.6 is 0 Å². The topological polar surface area (TPSA) is 111 Å². The number of nitrogens with one attached hydrogen (secondary N) is 1. The molecule has 1 atom stereocenters. The molecule has 0 fully saturated rings. The summed E-state index contributed by atoms with van der Waals surface area (Å²) in [5, 5.41) is 13.3. The number of fused-ring (bicyclic) bond motifs is 2. The Bertz CT molecular complexity index is 1630. The number of pyridine rings is 1. The highest BCUT2D eigenvalue weighted by molar-refractivity contribution is 5.83. The molecular formula is C28H27FN6O4. The van der Waals surface area contributed by atoms with Crippen LogP contribution in [0.25, 0.3) is 10.9 Å². The number of aromatic amines is 1. The molecule has 6 rings (SSSR count). The summed E-state index contributed by atoms with van der Waals surface area (Å²) in [4.78, 5) is 18.4. The lowest BCUT2D eigenvalue weighted by atomic mass is 10.1. The standard InChI is InChI=1S/C28H27FN6O4/c1-2-24(27-31-32-33-35(27)17-22-4-3-9-37-22)34(15-18-5-7-21(29)8-6-18)16-20-12-19-13-25-26(39-11-10-38-25)14-23(19)30-28(20)36/h3-9,12-14,24H,2,10-11,15-17H2,1H3,(H,30,36). The van der Waals surface area contributed by atoms with Crippen molar-refractivity contribution < 1.29 is 18.3 Å². The van der Waals surface area contributed by atoms with E-state index >= 15 is 0 Å². The molecule has 11 heteroatoms. The van der Waals surface area contributed by atoms with Gasteiger partial charge in [-0.3, -0.25) is 9.69 Å². The monoisotopic (exact) mass is 530 g/mol. The molecule has 39 heavy (non-hydrogen) atoms. The maximum absolute atomic E-state index is 13.7. The van der Waals surface area contributed by atoms with Crippen LogP contribution in [0.3, 0.4) is 0 Å². The van der Waals surface area contributed by atoms with Crippen molar-refractivity contribution in [3.05, 3.63) is 99.7 Å². The van der Waals surface area contributed by atoms with E-state index < -0.39 is 0 Å². The summed E-state index contributed by atoms with van der Waals surface area (Å²) in [6.07, 6.45) is 2.28. The van der Waals surface area contributed by atoms with Gasteiger partial charge in [-0.2, -0.15) is 0 Å². The second-order valence-electron chi connectivity index (χ2n) is 9.44. The van der Waals surface area contributed by atoms with Gasteiger partial charge in [0, 0.05) is 30.1 Å². The highest BCUT2D eigenvalue weighted by Crippen LogP contribution is 2.34. The molecule has 0 amide bonds. The van der Waals surface area contributed by atoms with Crippen LogP contribution in [-0.2, 0) is 19.6 Å². The Labute approximate surface area is 223 Å². The highest BCUT2D eigenvalue weighted by atomic mass is 19.1. The van der Waals surface area contributed by atoms with Gasteiger partial charge in [0.15, 0.2) is 17.3 Å². The predicted molar refractivity (Wildman–Crippen MR) is 140 cm³/mol. The molecule has 200 valence electrons. The molecule has 1 unspecified atom stereocenters. The summed E-state index contributed by atoms with van der Waals surface area (Å²) in [6, 6.07) is 15.4. The van der Waals surface area contributed by atoms with Crippen molar-refractivity contribution in [3.63, 3.8) is 0 Å². The zero-order valence-electron chi connectivity index (χ0n) is 21.3. The quantitative estimate of drug-likeness (QED) is 0.302. The number of halogens is 1. The van der Waals surface area contributed by atoms with E-state index in [2.05, 4.69) is 25.4 Å². The molecule has 0 spiro atoms. The van der Waals surface area contributed by atoms with Crippen molar-refractivity contribution in [3.8, 4) is 11.5 Å². The summed E-state index contributed by atoms with van der Waals surface area (Å²) in [6.45, 7) is 4.12. The predicted octanol–water partition coefficient (Wildman–Crippen LogP) is 4.22. The maximum Gasteiger partial charge on any atom is 0.252 e. The third-order valence-electron chi connectivity index (χ3n) is 6.83. The fourth-order valence-corrected chi connectivity index (χ4v) is 4.94. The lowest BCUT2D eigenvalue weighted by molar-refractivity contribution is 0.161. The first-order valence-corrected chi connectivity index (χ1v) is 12.8. The number of tetrazole rings is 1. The van der Waals surface area contributed by atoms with Crippen molar-refractivity contribution in [2.24, 2.45) is 0 Å². The third kappa shape index (κ3) is 5.26. The van der Waals surface area contributed by atoms with Gasteiger partial charge in [-0.1, -0.05) is 19.1 Å². The second kappa shape index (κ2) is 10.7. The first-order chi connectivity index (χ1) is 19.1. The SMILES string of the molecule is CCC(c1nnnn1Cc1ccco1)N(Cc1ccc(F)cc1)Cc1cc2cc3c(cc2[nH]c1=O)OCCO3. The average Bonchev–Trinajstić information content (AvgIpc) is 3.63. The zero-order chi connectivity index (χ0) is 26.8. The van der Waals surface area contributed by atoms with Crippen LogP contribution in [0.1, 0.15) is 42.1 Å². The van der Waals surface area contributed by atoms with Crippen molar-refractivity contribution in [2.45, 2.75) is 39.0 Å². The van der Waals surface area contributed by atoms with Gasteiger partial charge in [-0.15, -0.1) is 5.10 Å². The minimum atomic E-state index is -0.305. The number of aromatic nitrogens is 5. The summed E-state index contributed by atoms with van der Waals surface area (Å²) in [5.41, 5.74) is 1.95. The lowest BCUT2D eigenvalue weighted by Gasteiger charge is -2.30. The molecule has 2 aromatic carbocycles. The minimum absolute atomic E-state index is 0.201. The van der Waals surface area contributed by atoms with Gasteiger partial charge < -0.3 is 18.9 Å². The Morgan fingerprint density at radius 2 is 1.87 bits per heavy atom. The van der Waals surface area contributed by atoms with Crippen LogP contribution in [0.5, 0.6) is 11.5 Å². The average molecular weight is 531 g/mol. The summed E-state index contributed by atoms with van der Waals surface area (Å²) >= 11 is 0. The normalized spacial score (nSPS) is 13.7. The molecule has 0 bridgehead atoms. The van der Waals surface area contributed by atoms with Gasteiger partial charge in [0.25, 0.3) is 5.56 Å². The number of rotatable bonds is 9. The number of nitrogens with zero attached hydrogens (tertiary/aromatic N) is 5. The fourth-order valence-electron chi connectivity index (χ4n) is 4.94. The van der Waals surface area contributed by atoms with Gasteiger partial charge in [-0.25, -0.2) is 9.07 Å². The van der Waals surface area contributed by atoms with Crippen LogP contribution in [-0.4, -0.2) is 43.3 Å². The molecule has 0 aliphatic carbocycles. The number of benzene rings is 2. The van der Waals surface area contributed by atoms with E-state index in [1.54, 1.807) is 29.1 Å². The Hall–Kier alpha value is -4.51. The van der Waals surface area contributed by atoms with E-state index in [1.807, 2.05) is 31.2 Å². The van der Waals surface area contributed by atoms with Crippen LogP contribution in [0.4, 0.5) is 4.39 Å². The van der Waals surface area contributed by atoms with Crippen molar-refractivity contribution in [1.82, 2.24) is 30.1 Å². The number of ether oxygens (including phenoxy) is 2. The molecular weight excluding hydrogens is 503 g/mol. The van der Waals surface area contributed by atoms with Crippen molar-refractivity contribution in [2.75, 3.05) is 13.2 Å². The number of H-pyrrole nitrogens is 1. The van der Waals surface area contributed by atoms with Crippen LogP contribution < -0.4 is 15.0 Å². The van der Waals surface area contributed by atoms with E-state index in [-0.39, 0.29) is 17.4 Å². The Kier molecular flexibility index (Phi) is 6.80. The van der Waals surface area contributed by atoms with E-state index in [4.69, 9.17) is 13.9 Å². The summed E-state index contributed by atoms with van der Waals surface area (Å²) < 4.78 is 32.3. The highest BCUT2D eigenvalue weighted by Gasteiger charge is 2.27. The summed E-state index contributed by atoms with van der Waals surface area (Å²) in [7, 11) is 0. The molecule has 3 aromatic heterocycles. The van der Waals surface area contributed by atoms with Crippen LogP contribution in [0, 0.1) is 5.82 Å². The van der Waals surface area contributed by atoms with Gasteiger partial charge in [0.1, 0.15) is 31.3 Å². The lowest BCUT2D eigenvalue weighted by Crippen LogP contribution is -2.32. The number of furan rings is 1. The van der Waals surface area contributed by atoms with Gasteiger partial charge >= 0.3 is 0 Å². The smallest absolute Gasteiger partial charge is 0.252 e. The minimum Gasteiger partial charge on any atom is -0.486 e. The summed E-state index contributed by atoms with van der Waals surface area (Å²) in [5.74, 6) is 2.33. The first kappa shape index (κ1) is 24.8. The van der Waals surface area contributed by atoms with Crippen LogP contribution in [0.2, 0.25) is 0 Å². The third-order valence-corrected chi connectivity index (χ3v) is 6.83. The molecule has 10 nitrogen and oxygen atoms in total. The van der Waals surface area contributed by atoms with Crippen molar-refractivity contribution >= 4 is 10.9 Å². The van der Waals surface area contributed by atoms with Crippen LogP contribution in [0.15, 0.2) is 70.1 Å². The number of hydrogen-bond donors (Lipinski definition) is 1. The van der Waals surface area contributed by atoms with E-state index in [0.29, 0.717) is 67.7 Å². The van der Waals surface area contributed by atoms with Crippen molar-refractivity contribution in [1.29, 1.82) is 0 Å². The Balaban J connectivity index is 1.37. The van der Waals surface area contributed by atoms with Gasteiger partial charge in [0.05, 0.1) is 17.8 Å². The largest absolute Gasteiger partial charge is 0.486 e. The van der Waals surface area contributed by atoms with Gasteiger partial charge in [-0.05, 0) is 58.8 Å². The maximum atomic E-state index is 13.7. The molecule has 5 aromatic rings. The Morgan fingerprint density at radius 1 is 1.08 bits per heavy atom. The zero-order valence-corrected chi connectivity index (χ0v) is 21.3. The van der Waals surface area contributed by atoms with E-state index in [0.717, 1.165) is 16.7 Å². The molecule has 0 saturated heterocycles. The molecule has 1 N–H and O–H groups in total. The molecule has 0 saturated carbocycles. The Morgan fingerprint density at radius 3 is 2.62 bits per heavy atom. The van der Waals surface area contributed by atoms with E-state index in [9.17, 15) is 9.18 Å². The van der Waals surface area contributed by atoms with Gasteiger partial charge in [0.2, 0.25) is 0 Å². The fraction of sp³-hybridized carbons (Fsp3) is 0.286. The second-order valence-corrected chi connectivity index (χ2v) is 9.44. The molecule has 0 radical (unpaired) electrons. The van der Waals surface area contributed by atoms with E-state index in [1.165, 1.54) is 12.1 Å². The number of hydrogen-bond acceptors (Lipinski definition) is 8. The molecule has 1 aliphatic heterocycles. The molecule has 4 heterocycles.